The van der Waals surface area contributed by atoms with Gasteiger partial charge in [0.25, 0.3) is 5.91 Å². The summed E-state index contributed by atoms with van der Waals surface area (Å²) in [6, 6.07) is 20.7. The number of halogens is 2. The number of imidazole rings is 1. The van der Waals surface area contributed by atoms with Crippen LogP contribution in [0, 0.1) is 0 Å². The lowest BCUT2D eigenvalue weighted by Crippen LogP contribution is -2.40. The van der Waals surface area contributed by atoms with E-state index in [1.165, 1.54) is 0 Å². The van der Waals surface area contributed by atoms with E-state index in [9.17, 15) is 9.35 Å². The molecule has 1 atom stereocenters. The molecule has 4 rings (SSSR count). The Hall–Kier alpha value is -2.77. The molecule has 0 unspecified atom stereocenters. The van der Waals surface area contributed by atoms with E-state index >= 15 is 0 Å². The van der Waals surface area contributed by atoms with Gasteiger partial charge in [-0.3, -0.25) is 9.36 Å². The maximum absolute atomic E-state index is 12.9. The molecule has 180 valence electrons. The molecule has 8 heteroatoms. The zero-order valence-corrected chi connectivity index (χ0v) is 22.1. The molecule has 5 nitrogen and oxygen atoms in total. The van der Waals surface area contributed by atoms with Gasteiger partial charge in [-0.05, 0) is 73.4 Å². The Morgan fingerprint density at radius 1 is 0.971 bits per heavy atom. The lowest BCUT2D eigenvalue weighted by Gasteiger charge is -2.19. The van der Waals surface area contributed by atoms with Gasteiger partial charge in [0, 0.05) is 23.5 Å². The van der Waals surface area contributed by atoms with Crippen molar-refractivity contribution < 1.29 is 9.35 Å². The van der Waals surface area contributed by atoms with Gasteiger partial charge in [-0.2, -0.15) is 0 Å². The molecule has 0 fully saturated rings. The average molecular weight is 526 g/mol. The molecule has 35 heavy (non-hydrogen) atoms. The fourth-order valence-corrected chi connectivity index (χ4v) is 4.78. The number of amides is 1. The SMILES string of the molecule is C[S@@+]([O-])c1cccc(-c2ccc(-n3cc(C(=O)NC(C)(C)C)nc3-c3c(Cl)cccc3Cl)cc2)c1. The minimum Gasteiger partial charge on any atom is -0.612 e. The number of rotatable bonds is 5. The van der Waals surface area contributed by atoms with Crippen molar-refractivity contribution in [1.29, 1.82) is 0 Å². The number of hydrogen-bond donors (Lipinski definition) is 1. The molecular weight excluding hydrogens is 501 g/mol. The molecule has 0 saturated heterocycles. The Balaban J connectivity index is 1.80. The number of carbonyl (C=O) groups is 1. The van der Waals surface area contributed by atoms with Crippen LogP contribution in [-0.2, 0) is 11.2 Å². The molecule has 3 aromatic carbocycles. The summed E-state index contributed by atoms with van der Waals surface area (Å²) in [5.74, 6) is 0.178. The molecule has 1 aromatic heterocycles. The summed E-state index contributed by atoms with van der Waals surface area (Å²) >= 11 is 11.9. The summed E-state index contributed by atoms with van der Waals surface area (Å²) < 4.78 is 13.7. The Bertz CT molecular complexity index is 1360. The van der Waals surface area contributed by atoms with E-state index < -0.39 is 16.7 Å². The molecule has 0 aliphatic carbocycles. The number of carbonyl (C=O) groups excluding carboxylic acids is 1. The Kier molecular flexibility index (Phi) is 7.29. The van der Waals surface area contributed by atoms with Crippen molar-refractivity contribution >= 4 is 40.3 Å². The van der Waals surface area contributed by atoms with E-state index in [4.69, 9.17) is 23.2 Å². The van der Waals surface area contributed by atoms with Crippen molar-refractivity contribution in [2.45, 2.75) is 31.2 Å². The minimum atomic E-state index is -1.06. The minimum absolute atomic E-state index is 0.258. The maximum atomic E-state index is 12.9. The third kappa shape index (κ3) is 5.73. The highest BCUT2D eigenvalue weighted by Gasteiger charge is 2.23. The monoisotopic (exact) mass is 525 g/mol. The first kappa shape index (κ1) is 25.3. The highest BCUT2D eigenvalue weighted by molar-refractivity contribution is 7.90. The Labute approximate surface area is 218 Å². The summed E-state index contributed by atoms with van der Waals surface area (Å²) in [4.78, 5) is 18.3. The van der Waals surface area contributed by atoms with E-state index in [-0.39, 0.29) is 11.6 Å². The third-order valence-corrected chi connectivity index (χ3v) is 6.81. The van der Waals surface area contributed by atoms with Crippen LogP contribution in [0.15, 0.2) is 77.8 Å². The number of nitrogens with one attached hydrogen (secondary N) is 1. The largest absolute Gasteiger partial charge is 0.612 e. The molecule has 1 N–H and O–H groups in total. The number of nitrogens with zero attached hydrogens (tertiary/aromatic N) is 2. The Morgan fingerprint density at radius 3 is 2.20 bits per heavy atom. The zero-order chi connectivity index (χ0) is 25.3. The van der Waals surface area contributed by atoms with Crippen LogP contribution in [0.1, 0.15) is 31.3 Å². The van der Waals surface area contributed by atoms with Gasteiger partial charge in [-0.1, -0.05) is 53.5 Å². The lowest BCUT2D eigenvalue weighted by molar-refractivity contribution is 0.0915. The number of hydrogen-bond acceptors (Lipinski definition) is 3. The quantitative estimate of drug-likeness (QED) is 0.292. The van der Waals surface area contributed by atoms with Crippen LogP contribution in [0.25, 0.3) is 28.2 Å². The average Bonchev–Trinajstić information content (AvgIpc) is 3.23. The lowest BCUT2D eigenvalue weighted by atomic mass is 10.1. The highest BCUT2D eigenvalue weighted by atomic mass is 35.5. The molecule has 1 amide bonds. The fraction of sp³-hybridized carbons (Fsp3) is 0.185. The Morgan fingerprint density at radius 2 is 1.60 bits per heavy atom. The standard InChI is InChI=1S/C27H25Cl2N3O2S/c1-27(2,3)31-26(33)23-16-32(25(30-23)24-21(28)9-6-10-22(24)29)19-13-11-17(12-14-19)18-7-5-8-20(15-18)35(4)34/h5-16H,1-4H3,(H,31,33)/t35-/m1/s1. The normalized spacial score (nSPS) is 12.4. The van der Waals surface area contributed by atoms with Crippen LogP contribution < -0.4 is 5.32 Å². The van der Waals surface area contributed by atoms with E-state index in [2.05, 4.69) is 10.3 Å². The van der Waals surface area contributed by atoms with Crippen LogP contribution in [0.4, 0.5) is 0 Å². The maximum Gasteiger partial charge on any atom is 0.271 e. The van der Waals surface area contributed by atoms with Crippen LogP contribution in [0.2, 0.25) is 10.0 Å². The molecule has 0 radical (unpaired) electrons. The van der Waals surface area contributed by atoms with E-state index in [0.29, 0.717) is 21.4 Å². The highest BCUT2D eigenvalue weighted by Crippen LogP contribution is 2.36. The van der Waals surface area contributed by atoms with Gasteiger partial charge < -0.3 is 9.87 Å². The first-order valence-electron chi connectivity index (χ1n) is 10.9. The van der Waals surface area contributed by atoms with Crippen molar-refractivity contribution in [1.82, 2.24) is 14.9 Å². The summed E-state index contributed by atoms with van der Waals surface area (Å²) in [5.41, 5.74) is 3.12. The molecular formula is C27H25Cl2N3O2S. The molecule has 0 aliphatic heterocycles. The van der Waals surface area contributed by atoms with Crippen molar-refractivity contribution in [2.24, 2.45) is 0 Å². The van der Waals surface area contributed by atoms with Crippen molar-refractivity contribution in [3.05, 3.63) is 88.7 Å². The van der Waals surface area contributed by atoms with E-state index in [0.717, 1.165) is 21.7 Å². The van der Waals surface area contributed by atoms with Gasteiger partial charge in [0.2, 0.25) is 0 Å². The second-order valence-electron chi connectivity index (χ2n) is 9.15. The third-order valence-electron chi connectivity index (χ3n) is 5.26. The molecule has 1 heterocycles. The van der Waals surface area contributed by atoms with Gasteiger partial charge in [0.05, 0.1) is 15.6 Å². The van der Waals surface area contributed by atoms with E-state index in [1.807, 2.05) is 73.9 Å². The number of aromatic nitrogens is 2. The zero-order valence-electron chi connectivity index (χ0n) is 19.8. The second-order valence-corrected chi connectivity index (χ2v) is 11.3. The van der Waals surface area contributed by atoms with Crippen molar-refractivity contribution in [3.63, 3.8) is 0 Å². The predicted molar refractivity (Wildman–Crippen MR) is 144 cm³/mol. The predicted octanol–water partition coefficient (Wildman–Crippen LogP) is 6.78. The molecule has 0 saturated carbocycles. The summed E-state index contributed by atoms with van der Waals surface area (Å²) in [5, 5.41) is 3.82. The summed E-state index contributed by atoms with van der Waals surface area (Å²) in [6.45, 7) is 5.74. The van der Waals surface area contributed by atoms with Crippen molar-refractivity contribution in [2.75, 3.05) is 6.26 Å². The first-order chi connectivity index (χ1) is 16.5. The van der Waals surface area contributed by atoms with Gasteiger partial charge >= 0.3 is 0 Å². The van der Waals surface area contributed by atoms with Crippen LogP contribution in [0.5, 0.6) is 0 Å². The van der Waals surface area contributed by atoms with E-state index in [1.54, 1.807) is 30.7 Å². The van der Waals surface area contributed by atoms with Gasteiger partial charge in [-0.25, -0.2) is 4.98 Å². The van der Waals surface area contributed by atoms with Crippen LogP contribution >= 0.6 is 23.2 Å². The molecule has 0 bridgehead atoms. The summed E-state index contributed by atoms with van der Waals surface area (Å²) in [7, 11) is 0. The fourth-order valence-electron chi connectivity index (χ4n) is 3.65. The van der Waals surface area contributed by atoms with Gasteiger partial charge in [-0.15, -0.1) is 0 Å². The second kappa shape index (κ2) is 10.1. The van der Waals surface area contributed by atoms with Crippen LogP contribution in [0.3, 0.4) is 0 Å². The topological polar surface area (TPSA) is 70.0 Å². The first-order valence-corrected chi connectivity index (χ1v) is 13.3. The van der Waals surface area contributed by atoms with Gasteiger partial charge in [0.15, 0.2) is 4.90 Å². The smallest absolute Gasteiger partial charge is 0.271 e. The van der Waals surface area contributed by atoms with Gasteiger partial charge in [0.1, 0.15) is 17.8 Å². The van der Waals surface area contributed by atoms with Crippen LogP contribution in [-0.4, -0.2) is 31.8 Å². The number of benzene rings is 3. The molecule has 0 aliphatic rings. The summed E-state index contributed by atoms with van der Waals surface area (Å²) in [6.07, 6.45) is 3.35. The van der Waals surface area contributed by atoms with Crippen molar-refractivity contribution in [3.8, 4) is 28.2 Å². The molecule has 4 aromatic rings. The molecule has 0 spiro atoms.